The summed E-state index contributed by atoms with van der Waals surface area (Å²) in [6, 6.07) is 6.38. The highest BCUT2D eigenvalue weighted by atomic mass is 35.5. The van der Waals surface area contributed by atoms with E-state index >= 15 is 0 Å². The van der Waals surface area contributed by atoms with E-state index in [1.165, 1.54) is 0 Å². The summed E-state index contributed by atoms with van der Waals surface area (Å²) in [5, 5.41) is 16.2. The average molecular weight is 441 g/mol. The quantitative estimate of drug-likeness (QED) is 0.264. The van der Waals surface area contributed by atoms with Crippen molar-refractivity contribution >= 4 is 35.7 Å². The lowest BCUT2D eigenvalue weighted by Gasteiger charge is -2.27. The van der Waals surface area contributed by atoms with Crippen molar-refractivity contribution in [2.45, 2.75) is 19.9 Å². The lowest BCUT2D eigenvalue weighted by atomic mass is 10.0. The molecular formula is C20H33ClN6O3. The van der Waals surface area contributed by atoms with E-state index in [1.807, 2.05) is 13.8 Å². The largest absolute Gasteiger partial charge is 0.384 e. The average Bonchev–Trinajstić information content (AvgIpc) is 2.71. The highest BCUT2D eigenvalue weighted by Gasteiger charge is 2.24. The monoisotopic (exact) mass is 440 g/mol. The van der Waals surface area contributed by atoms with Gasteiger partial charge in [0.25, 0.3) is 0 Å². The number of morpholine rings is 1. The Balaban J connectivity index is 0.00000450. The van der Waals surface area contributed by atoms with Gasteiger partial charge in [0.1, 0.15) is 11.9 Å². The molecule has 1 aromatic rings. The molecule has 0 spiro atoms. The minimum atomic E-state index is -0.599. The summed E-state index contributed by atoms with van der Waals surface area (Å²) in [5.74, 6) is -0.532. The number of rotatable bonds is 10. The van der Waals surface area contributed by atoms with Crippen LogP contribution >= 0.6 is 12.4 Å². The molecule has 2 rings (SSSR count). The number of anilines is 1. The molecule has 1 saturated heterocycles. The Hall–Kier alpha value is -2.36. The number of ether oxygens (including phenoxy) is 1. The third-order valence-corrected chi connectivity index (χ3v) is 4.72. The van der Waals surface area contributed by atoms with Gasteiger partial charge in [0.05, 0.1) is 19.8 Å². The van der Waals surface area contributed by atoms with Crippen LogP contribution in [0.5, 0.6) is 0 Å². The minimum absolute atomic E-state index is 0. The van der Waals surface area contributed by atoms with Crippen LogP contribution in [0.1, 0.15) is 19.4 Å². The number of carbonyl (C=O) groups is 2. The number of amidine groups is 1. The van der Waals surface area contributed by atoms with Gasteiger partial charge in [0, 0.05) is 37.4 Å². The third-order valence-electron chi connectivity index (χ3n) is 4.72. The van der Waals surface area contributed by atoms with Gasteiger partial charge < -0.3 is 26.4 Å². The number of carbonyl (C=O) groups excluding carboxylic acids is 2. The summed E-state index contributed by atoms with van der Waals surface area (Å²) in [6.07, 6.45) is 0. The summed E-state index contributed by atoms with van der Waals surface area (Å²) >= 11 is 0. The molecule has 30 heavy (non-hydrogen) atoms. The second-order valence-corrected chi connectivity index (χ2v) is 7.38. The summed E-state index contributed by atoms with van der Waals surface area (Å²) in [4.78, 5) is 27.1. The fraction of sp³-hybridized carbons (Fsp3) is 0.550. The molecular weight excluding hydrogens is 408 g/mol. The van der Waals surface area contributed by atoms with Crippen molar-refractivity contribution < 1.29 is 14.3 Å². The molecule has 168 valence electrons. The first-order chi connectivity index (χ1) is 13.9. The molecule has 0 bridgehead atoms. The topological polar surface area (TPSA) is 133 Å². The zero-order valence-corrected chi connectivity index (χ0v) is 18.4. The maximum absolute atomic E-state index is 12.5. The second kappa shape index (κ2) is 13.0. The molecule has 2 amide bonds. The zero-order chi connectivity index (χ0) is 21.2. The van der Waals surface area contributed by atoms with Crippen LogP contribution < -0.4 is 21.7 Å². The highest BCUT2D eigenvalue weighted by molar-refractivity contribution is 5.96. The van der Waals surface area contributed by atoms with Gasteiger partial charge in [0.15, 0.2) is 0 Å². The van der Waals surface area contributed by atoms with E-state index in [2.05, 4.69) is 20.9 Å². The molecule has 1 aliphatic heterocycles. The Bertz CT molecular complexity index is 710. The van der Waals surface area contributed by atoms with Crippen molar-refractivity contribution in [1.29, 1.82) is 5.41 Å². The predicted octanol–water partition coefficient (Wildman–Crippen LogP) is 0.394. The summed E-state index contributed by atoms with van der Waals surface area (Å²) in [5.41, 5.74) is 6.74. The van der Waals surface area contributed by atoms with E-state index in [4.69, 9.17) is 15.9 Å². The van der Waals surface area contributed by atoms with Crippen LogP contribution in [0, 0.1) is 11.3 Å². The maximum atomic E-state index is 12.5. The Morgan fingerprint density at radius 3 is 2.60 bits per heavy atom. The highest BCUT2D eigenvalue weighted by Crippen LogP contribution is 2.10. The Morgan fingerprint density at radius 1 is 1.27 bits per heavy atom. The van der Waals surface area contributed by atoms with Gasteiger partial charge in [0.2, 0.25) is 11.8 Å². The normalized spacial score (nSPS) is 15.0. The summed E-state index contributed by atoms with van der Waals surface area (Å²) < 4.78 is 5.31. The van der Waals surface area contributed by atoms with Crippen LogP contribution in [0.25, 0.3) is 0 Å². The molecule has 10 heteroatoms. The molecule has 0 saturated carbocycles. The van der Waals surface area contributed by atoms with Crippen molar-refractivity contribution in [3.8, 4) is 0 Å². The third kappa shape index (κ3) is 8.56. The lowest BCUT2D eigenvalue weighted by Crippen LogP contribution is -2.52. The van der Waals surface area contributed by atoms with Crippen molar-refractivity contribution in [3.63, 3.8) is 0 Å². The van der Waals surface area contributed by atoms with Gasteiger partial charge in [-0.15, -0.1) is 12.4 Å². The van der Waals surface area contributed by atoms with Gasteiger partial charge in [-0.2, -0.15) is 0 Å². The molecule has 1 heterocycles. The zero-order valence-electron chi connectivity index (χ0n) is 17.6. The van der Waals surface area contributed by atoms with E-state index in [0.29, 0.717) is 17.8 Å². The van der Waals surface area contributed by atoms with Crippen LogP contribution in [0.2, 0.25) is 0 Å². The molecule has 1 unspecified atom stereocenters. The van der Waals surface area contributed by atoms with E-state index in [9.17, 15) is 9.59 Å². The molecule has 1 atom stereocenters. The first kappa shape index (κ1) is 25.7. The second-order valence-electron chi connectivity index (χ2n) is 7.38. The van der Waals surface area contributed by atoms with Crippen LogP contribution in [0.4, 0.5) is 5.69 Å². The smallest absolute Gasteiger partial charge is 0.242 e. The summed E-state index contributed by atoms with van der Waals surface area (Å²) in [6.45, 7) is 8.31. The fourth-order valence-electron chi connectivity index (χ4n) is 3.01. The lowest BCUT2D eigenvalue weighted by molar-refractivity contribution is -0.129. The SMILES string of the molecule is CC(C)C(NC(=O)CNc1cccc(C(=N)N)c1)C(=O)NCCN1CCOCC1.Cl. The predicted molar refractivity (Wildman–Crippen MR) is 120 cm³/mol. The van der Waals surface area contributed by atoms with Crippen molar-refractivity contribution in [2.24, 2.45) is 11.7 Å². The number of benzene rings is 1. The molecule has 9 nitrogen and oxygen atoms in total. The van der Waals surface area contributed by atoms with E-state index < -0.39 is 6.04 Å². The number of hydrogen-bond acceptors (Lipinski definition) is 6. The standard InChI is InChI=1S/C20H32N6O3.ClH/c1-14(2)18(20(28)23-6-7-26-8-10-29-11-9-26)25-17(27)13-24-16-5-3-4-15(12-16)19(21)22;/h3-5,12,14,18,24H,6-11,13H2,1-2H3,(H3,21,22)(H,23,28)(H,25,27);1H. The molecule has 1 fully saturated rings. The van der Waals surface area contributed by atoms with Crippen molar-refractivity contribution in [1.82, 2.24) is 15.5 Å². The maximum Gasteiger partial charge on any atom is 0.242 e. The number of halogens is 1. The number of nitrogens with zero attached hydrogens (tertiary/aromatic N) is 1. The van der Waals surface area contributed by atoms with Gasteiger partial charge in [-0.25, -0.2) is 0 Å². The van der Waals surface area contributed by atoms with Crippen molar-refractivity contribution in [2.75, 3.05) is 51.3 Å². The number of nitrogens with two attached hydrogens (primary N) is 1. The molecule has 0 radical (unpaired) electrons. The van der Waals surface area contributed by atoms with Gasteiger partial charge in [-0.1, -0.05) is 26.0 Å². The van der Waals surface area contributed by atoms with Gasteiger partial charge >= 0.3 is 0 Å². The molecule has 1 aromatic carbocycles. The number of nitrogens with one attached hydrogen (secondary N) is 4. The first-order valence-corrected chi connectivity index (χ1v) is 9.92. The van der Waals surface area contributed by atoms with Gasteiger partial charge in [-0.3, -0.25) is 19.9 Å². The molecule has 1 aliphatic rings. The Kier molecular flexibility index (Phi) is 11.2. The minimum Gasteiger partial charge on any atom is -0.384 e. The van der Waals surface area contributed by atoms with Gasteiger partial charge in [-0.05, 0) is 18.1 Å². The Labute approximate surface area is 184 Å². The molecule has 0 aliphatic carbocycles. The van der Waals surface area contributed by atoms with Crippen LogP contribution in [0.3, 0.4) is 0 Å². The summed E-state index contributed by atoms with van der Waals surface area (Å²) in [7, 11) is 0. The Morgan fingerprint density at radius 2 is 1.97 bits per heavy atom. The molecule has 6 N–H and O–H groups in total. The van der Waals surface area contributed by atoms with Crippen LogP contribution in [0.15, 0.2) is 24.3 Å². The van der Waals surface area contributed by atoms with Crippen LogP contribution in [-0.2, 0) is 14.3 Å². The van der Waals surface area contributed by atoms with Crippen molar-refractivity contribution in [3.05, 3.63) is 29.8 Å². The van der Waals surface area contributed by atoms with E-state index in [-0.39, 0.29) is 42.5 Å². The van der Waals surface area contributed by atoms with E-state index in [0.717, 1.165) is 32.8 Å². The number of hydrogen-bond donors (Lipinski definition) is 5. The van der Waals surface area contributed by atoms with E-state index in [1.54, 1.807) is 24.3 Å². The number of nitrogen functional groups attached to an aromatic ring is 1. The molecule has 0 aromatic heterocycles. The van der Waals surface area contributed by atoms with Crippen LogP contribution in [-0.4, -0.2) is 74.5 Å². The number of amides is 2. The first-order valence-electron chi connectivity index (χ1n) is 9.92. The fourth-order valence-corrected chi connectivity index (χ4v) is 3.01.